The minimum absolute atomic E-state index is 0.0569. The van der Waals surface area contributed by atoms with Crippen molar-refractivity contribution in [2.75, 3.05) is 20.2 Å². The van der Waals surface area contributed by atoms with Crippen molar-refractivity contribution in [3.05, 3.63) is 29.8 Å². The number of amides is 3. The summed E-state index contributed by atoms with van der Waals surface area (Å²) in [6.45, 7) is 4.75. The third-order valence-electron chi connectivity index (χ3n) is 4.78. The molecule has 1 aliphatic rings. The van der Waals surface area contributed by atoms with Crippen molar-refractivity contribution in [2.24, 2.45) is 17.6 Å². The molecule has 0 aliphatic carbocycles. The zero-order valence-corrected chi connectivity index (χ0v) is 15.5. The van der Waals surface area contributed by atoms with Crippen molar-refractivity contribution in [3.8, 4) is 5.75 Å². The van der Waals surface area contributed by atoms with E-state index in [1.54, 1.807) is 36.3 Å². The van der Waals surface area contributed by atoms with Gasteiger partial charge in [0.1, 0.15) is 11.8 Å². The number of rotatable bonds is 6. The summed E-state index contributed by atoms with van der Waals surface area (Å²) in [6, 6.07) is 6.11. The van der Waals surface area contributed by atoms with E-state index in [1.807, 2.05) is 13.8 Å². The van der Waals surface area contributed by atoms with Crippen molar-refractivity contribution in [3.63, 3.8) is 0 Å². The third-order valence-corrected chi connectivity index (χ3v) is 4.78. The van der Waals surface area contributed by atoms with E-state index in [0.717, 1.165) is 0 Å². The number of piperidine rings is 1. The van der Waals surface area contributed by atoms with Crippen LogP contribution in [-0.4, -0.2) is 48.9 Å². The van der Waals surface area contributed by atoms with Crippen molar-refractivity contribution in [1.29, 1.82) is 0 Å². The number of hydrogen-bond donors (Lipinski definition) is 2. The van der Waals surface area contributed by atoms with Crippen LogP contribution in [0.15, 0.2) is 24.3 Å². The van der Waals surface area contributed by atoms with Crippen LogP contribution in [0.1, 0.15) is 37.0 Å². The highest BCUT2D eigenvalue weighted by Crippen LogP contribution is 2.19. The Morgan fingerprint density at radius 2 is 1.73 bits per heavy atom. The van der Waals surface area contributed by atoms with Crippen LogP contribution in [-0.2, 0) is 9.59 Å². The highest BCUT2D eigenvalue weighted by atomic mass is 16.5. The molecular formula is C19H27N3O4. The number of nitrogens with two attached hydrogens (primary N) is 1. The van der Waals surface area contributed by atoms with Gasteiger partial charge in [-0.25, -0.2) is 0 Å². The molecule has 0 saturated carbocycles. The van der Waals surface area contributed by atoms with Crippen LogP contribution in [0.25, 0.3) is 0 Å². The molecule has 2 rings (SSSR count). The Labute approximate surface area is 153 Å². The first-order valence-electron chi connectivity index (χ1n) is 8.86. The van der Waals surface area contributed by atoms with Crippen molar-refractivity contribution < 1.29 is 19.1 Å². The Kier molecular flexibility index (Phi) is 6.60. The molecular weight excluding hydrogens is 334 g/mol. The Morgan fingerprint density at radius 3 is 2.19 bits per heavy atom. The largest absolute Gasteiger partial charge is 0.497 e. The quantitative estimate of drug-likeness (QED) is 0.794. The molecule has 1 saturated heterocycles. The van der Waals surface area contributed by atoms with Gasteiger partial charge >= 0.3 is 0 Å². The molecule has 0 radical (unpaired) electrons. The van der Waals surface area contributed by atoms with Crippen LogP contribution in [0.5, 0.6) is 5.75 Å². The van der Waals surface area contributed by atoms with Gasteiger partial charge in [0.25, 0.3) is 5.91 Å². The minimum atomic E-state index is -0.616. The molecule has 142 valence electrons. The number of primary amides is 1. The SMILES string of the molecule is COc1ccc(C(=O)N[C@@H](C(=O)N2CCC(C(N)=O)CC2)C(C)C)cc1. The molecule has 1 fully saturated rings. The van der Waals surface area contributed by atoms with E-state index < -0.39 is 6.04 Å². The van der Waals surface area contributed by atoms with Gasteiger partial charge in [0.15, 0.2) is 0 Å². The summed E-state index contributed by atoms with van der Waals surface area (Å²) < 4.78 is 5.09. The Balaban J connectivity index is 2.02. The molecule has 3 amide bonds. The first-order chi connectivity index (χ1) is 12.3. The van der Waals surface area contributed by atoms with E-state index in [9.17, 15) is 14.4 Å². The second kappa shape index (κ2) is 8.69. The first-order valence-corrected chi connectivity index (χ1v) is 8.86. The van der Waals surface area contributed by atoms with Crippen LogP contribution in [0.2, 0.25) is 0 Å². The maximum atomic E-state index is 12.9. The molecule has 0 aromatic heterocycles. The maximum absolute atomic E-state index is 12.9. The van der Waals surface area contributed by atoms with Crippen LogP contribution >= 0.6 is 0 Å². The Hall–Kier alpha value is -2.57. The average molecular weight is 361 g/mol. The van der Waals surface area contributed by atoms with Gasteiger partial charge in [0.05, 0.1) is 7.11 Å². The molecule has 0 unspecified atom stereocenters. The van der Waals surface area contributed by atoms with Gasteiger partial charge in [-0.1, -0.05) is 13.8 Å². The molecule has 0 spiro atoms. The topological polar surface area (TPSA) is 102 Å². The highest BCUT2D eigenvalue weighted by Gasteiger charge is 2.32. The fraction of sp³-hybridized carbons (Fsp3) is 0.526. The zero-order chi connectivity index (χ0) is 19.3. The fourth-order valence-corrected chi connectivity index (χ4v) is 3.06. The molecule has 7 nitrogen and oxygen atoms in total. The predicted molar refractivity (Wildman–Crippen MR) is 97.6 cm³/mol. The molecule has 1 aromatic carbocycles. The van der Waals surface area contributed by atoms with E-state index in [1.165, 1.54) is 0 Å². The molecule has 1 atom stereocenters. The molecule has 3 N–H and O–H groups in total. The van der Waals surface area contributed by atoms with Crippen LogP contribution in [0.4, 0.5) is 0 Å². The molecule has 1 aromatic rings. The van der Waals surface area contributed by atoms with E-state index in [0.29, 0.717) is 37.2 Å². The van der Waals surface area contributed by atoms with Crippen LogP contribution < -0.4 is 15.8 Å². The smallest absolute Gasteiger partial charge is 0.251 e. The van der Waals surface area contributed by atoms with Crippen molar-refractivity contribution in [2.45, 2.75) is 32.7 Å². The zero-order valence-electron chi connectivity index (χ0n) is 15.5. The summed E-state index contributed by atoms with van der Waals surface area (Å²) in [5.74, 6) is -0.304. The Morgan fingerprint density at radius 1 is 1.15 bits per heavy atom. The Bertz CT molecular complexity index is 649. The second-order valence-corrected chi connectivity index (χ2v) is 6.93. The number of nitrogens with one attached hydrogen (secondary N) is 1. The van der Waals surface area contributed by atoms with E-state index >= 15 is 0 Å². The lowest BCUT2D eigenvalue weighted by molar-refractivity contribution is -0.137. The lowest BCUT2D eigenvalue weighted by Gasteiger charge is -2.34. The summed E-state index contributed by atoms with van der Waals surface area (Å²) in [4.78, 5) is 38.3. The number of carbonyl (C=O) groups is 3. The molecule has 0 bridgehead atoms. The van der Waals surface area contributed by atoms with E-state index in [4.69, 9.17) is 10.5 Å². The maximum Gasteiger partial charge on any atom is 0.251 e. The van der Waals surface area contributed by atoms with Crippen LogP contribution in [0, 0.1) is 11.8 Å². The number of methoxy groups -OCH3 is 1. The molecule has 1 heterocycles. The molecule has 1 aliphatic heterocycles. The van der Waals surface area contributed by atoms with Crippen LogP contribution in [0.3, 0.4) is 0 Å². The number of hydrogen-bond acceptors (Lipinski definition) is 4. The summed E-state index contributed by atoms with van der Waals surface area (Å²) in [7, 11) is 1.56. The standard InChI is InChI=1S/C19H27N3O4/c1-12(2)16(19(25)22-10-8-13(9-11-22)17(20)23)21-18(24)14-4-6-15(26-3)7-5-14/h4-7,12-13,16H,8-11H2,1-3H3,(H2,20,23)(H,21,24)/t16-/m1/s1. The summed E-state index contributed by atoms with van der Waals surface area (Å²) in [6.07, 6.45) is 1.14. The summed E-state index contributed by atoms with van der Waals surface area (Å²) in [5.41, 5.74) is 5.81. The highest BCUT2D eigenvalue weighted by molar-refractivity contribution is 5.97. The minimum Gasteiger partial charge on any atom is -0.497 e. The third kappa shape index (κ3) is 4.74. The number of carbonyl (C=O) groups excluding carboxylic acids is 3. The van der Waals surface area contributed by atoms with Gasteiger partial charge < -0.3 is 20.7 Å². The average Bonchev–Trinajstić information content (AvgIpc) is 2.65. The summed E-state index contributed by atoms with van der Waals surface area (Å²) in [5, 5.41) is 2.84. The number of benzene rings is 1. The van der Waals surface area contributed by atoms with Crippen molar-refractivity contribution >= 4 is 17.7 Å². The number of likely N-dealkylation sites (tertiary alicyclic amines) is 1. The lowest BCUT2D eigenvalue weighted by atomic mass is 9.94. The van der Waals surface area contributed by atoms with E-state index in [2.05, 4.69) is 5.32 Å². The van der Waals surface area contributed by atoms with E-state index in [-0.39, 0.29) is 29.6 Å². The van der Waals surface area contributed by atoms with Crippen molar-refractivity contribution in [1.82, 2.24) is 10.2 Å². The summed E-state index contributed by atoms with van der Waals surface area (Å²) >= 11 is 0. The molecule has 26 heavy (non-hydrogen) atoms. The number of ether oxygens (including phenoxy) is 1. The predicted octanol–water partition coefficient (Wildman–Crippen LogP) is 1.17. The molecule has 7 heteroatoms. The number of nitrogens with zero attached hydrogens (tertiary/aromatic N) is 1. The fourth-order valence-electron chi connectivity index (χ4n) is 3.06. The first kappa shape index (κ1) is 19.8. The second-order valence-electron chi connectivity index (χ2n) is 6.93. The van der Waals surface area contributed by atoms with Gasteiger partial charge in [0.2, 0.25) is 11.8 Å². The lowest BCUT2D eigenvalue weighted by Crippen LogP contribution is -2.53. The van der Waals surface area contributed by atoms with Gasteiger partial charge in [-0.15, -0.1) is 0 Å². The normalized spacial score (nSPS) is 16.2. The van der Waals surface area contributed by atoms with Gasteiger partial charge in [-0.3, -0.25) is 14.4 Å². The van der Waals surface area contributed by atoms with Gasteiger partial charge in [-0.2, -0.15) is 0 Å². The monoisotopic (exact) mass is 361 g/mol. The van der Waals surface area contributed by atoms with Gasteiger partial charge in [-0.05, 0) is 43.0 Å². The van der Waals surface area contributed by atoms with Gasteiger partial charge in [0, 0.05) is 24.6 Å².